The van der Waals surface area contributed by atoms with Gasteiger partial charge in [-0.25, -0.2) is 0 Å². The summed E-state index contributed by atoms with van der Waals surface area (Å²) >= 11 is 0. The molecule has 1 rings (SSSR count). The minimum absolute atomic E-state index is 0.252. The molecule has 112 valence electrons. The quantitative estimate of drug-likeness (QED) is 0.735. The minimum atomic E-state index is -0.699. The number of aliphatic carboxylic acids is 1. The molecule has 1 N–H and O–H groups in total. The Labute approximate surface area is 122 Å². The summed E-state index contributed by atoms with van der Waals surface area (Å²) < 4.78 is 0. The summed E-state index contributed by atoms with van der Waals surface area (Å²) in [7, 11) is 0. The van der Waals surface area contributed by atoms with Crippen molar-refractivity contribution in [1.29, 1.82) is 0 Å². The van der Waals surface area contributed by atoms with Gasteiger partial charge in [-0.2, -0.15) is 0 Å². The summed E-state index contributed by atoms with van der Waals surface area (Å²) in [6.45, 7) is 9.63. The molecule has 0 spiro atoms. The van der Waals surface area contributed by atoms with Gasteiger partial charge >= 0.3 is 5.97 Å². The number of benzene rings is 1. The Morgan fingerprint density at radius 3 is 2.35 bits per heavy atom. The number of rotatable bonds is 8. The van der Waals surface area contributed by atoms with Gasteiger partial charge < -0.3 is 5.11 Å². The highest BCUT2D eigenvalue weighted by Crippen LogP contribution is 2.18. The van der Waals surface area contributed by atoms with Crippen LogP contribution in [-0.2, 0) is 11.3 Å². The van der Waals surface area contributed by atoms with E-state index in [4.69, 9.17) is 5.11 Å². The van der Waals surface area contributed by atoms with Gasteiger partial charge in [0.05, 0.1) is 0 Å². The maximum Gasteiger partial charge on any atom is 0.303 e. The molecule has 0 saturated heterocycles. The van der Waals surface area contributed by atoms with Crippen molar-refractivity contribution >= 4 is 5.97 Å². The van der Waals surface area contributed by atoms with E-state index in [1.807, 2.05) is 6.07 Å². The predicted molar refractivity (Wildman–Crippen MR) is 82.7 cm³/mol. The molecular formula is C17H27NO2. The van der Waals surface area contributed by atoms with E-state index in [0.717, 1.165) is 32.5 Å². The van der Waals surface area contributed by atoms with Crippen LogP contribution in [0, 0.1) is 5.41 Å². The van der Waals surface area contributed by atoms with Crippen molar-refractivity contribution in [2.45, 2.75) is 46.6 Å². The number of carboxylic acids is 1. The smallest absolute Gasteiger partial charge is 0.303 e. The van der Waals surface area contributed by atoms with Gasteiger partial charge in [-0.1, -0.05) is 51.1 Å². The summed E-state index contributed by atoms with van der Waals surface area (Å²) in [6, 6.07) is 10.5. The van der Waals surface area contributed by atoms with Crippen molar-refractivity contribution in [3.63, 3.8) is 0 Å². The molecule has 0 aromatic heterocycles. The second-order valence-corrected chi connectivity index (χ2v) is 6.61. The second-order valence-electron chi connectivity index (χ2n) is 6.61. The van der Waals surface area contributed by atoms with Crippen LogP contribution < -0.4 is 0 Å². The Balaban J connectivity index is 2.49. The number of nitrogens with zero attached hydrogens (tertiary/aromatic N) is 1. The van der Waals surface area contributed by atoms with Crippen LogP contribution in [0.5, 0.6) is 0 Å². The molecule has 1 aromatic rings. The molecule has 3 heteroatoms. The van der Waals surface area contributed by atoms with Crippen molar-refractivity contribution in [2.24, 2.45) is 5.41 Å². The number of carboxylic acid groups (broad SMARTS) is 1. The summed E-state index contributed by atoms with van der Waals surface area (Å²) in [5.41, 5.74) is 1.57. The lowest BCUT2D eigenvalue weighted by atomic mass is 9.95. The van der Waals surface area contributed by atoms with E-state index in [9.17, 15) is 4.79 Å². The predicted octanol–water partition coefficient (Wildman–Crippen LogP) is 3.79. The van der Waals surface area contributed by atoms with E-state index in [-0.39, 0.29) is 11.8 Å². The third-order valence-corrected chi connectivity index (χ3v) is 3.06. The maximum atomic E-state index is 10.6. The molecule has 0 aliphatic carbocycles. The molecule has 20 heavy (non-hydrogen) atoms. The lowest BCUT2D eigenvalue weighted by Crippen LogP contribution is -2.33. The maximum absolute atomic E-state index is 10.6. The SMILES string of the molecule is CC(C)(C)CN(CCCCC(=O)O)Cc1ccccc1. The Morgan fingerprint density at radius 2 is 1.80 bits per heavy atom. The highest BCUT2D eigenvalue weighted by Gasteiger charge is 2.16. The van der Waals surface area contributed by atoms with Crippen LogP contribution in [0.1, 0.15) is 45.6 Å². The van der Waals surface area contributed by atoms with Crippen LogP contribution >= 0.6 is 0 Å². The van der Waals surface area contributed by atoms with E-state index >= 15 is 0 Å². The van der Waals surface area contributed by atoms with Crippen molar-refractivity contribution in [1.82, 2.24) is 4.90 Å². The Morgan fingerprint density at radius 1 is 1.15 bits per heavy atom. The molecule has 0 unspecified atom stereocenters. The van der Waals surface area contributed by atoms with E-state index in [0.29, 0.717) is 0 Å². The van der Waals surface area contributed by atoms with Crippen LogP contribution in [0.2, 0.25) is 0 Å². The molecule has 0 amide bonds. The lowest BCUT2D eigenvalue weighted by Gasteiger charge is -2.30. The first-order chi connectivity index (χ1) is 9.37. The Hall–Kier alpha value is -1.35. The van der Waals surface area contributed by atoms with Crippen LogP contribution in [-0.4, -0.2) is 29.1 Å². The topological polar surface area (TPSA) is 40.5 Å². The highest BCUT2D eigenvalue weighted by atomic mass is 16.4. The number of hydrogen-bond donors (Lipinski definition) is 1. The number of unbranched alkanes of at least 4 members (excludes halogenated alkanes) is 1. The summed E-state index contributed by atoms with van der Waals surface area (Å²) in [5.74, 6) is -0.699. The van der Waals surface area contributed by atoms with E-state index in [2.05, 4.69) is 49.9 Å². The Kier molecular flexibility index (Phi) is 6.73. The highest BCUT2D eigenvalue weighted by molar-refractivity contribution is 5.66. The zero-order chi connectivity index (χ0) is 15.0. The fraction of sp³-hybridized carbons (Fsp3) is 0.588. The van der Waals surface area contributed by atoms with Gasteiger partial charge in [0.15, 0.2) is 0 Å². The van der Waals surface area contributed by atoms with Gasteiger partial charge in [0.25, 0.3) is 0 Å². The van der Waals surface area contributed by atoms with Gasteiger partial charge in [0.2, 0.25) is 0 Å². The van der Waals surface area contributed by atoms with Crippen LogP contribution in [0.25, 0.3) is 0 Å². The van der Waals surface area contributed by atoms with Crippen molar-refractivity contribution < 1.29 is 9.90 Å². The molecule has 0 atom stereocenters. The number of carbonyl (C=O) groups is 1. The Bertz CT molecular complexity index is 395. The van der Waals surface area contributed by atoms with Gasteiger partial charge in [-0.3, -0.25) is 9.69 Å². The zero-order valence-corrected chi connectivity index (χ0v) is 12.9. The van der Waals surface area contributed by atoms with E-state index in [1.165, 1.54) is 5.56 Å². The van der Waals surface area contributed by atoms with Gasteiger partial charge in [-0.15, -0.1) is 0 Å². The van der Waals surface area contributed by atoms with Gasteiger partial charge in [0, 0.05) is 19.5 Å². The largest absolute Gasteiger partial charge is 0.481 e. The fourth-order valence-corrected chi connectivity index (χ4v) is 2.34. The molecule has 0 aliphatic rings. The average Bonchev–Trinajstić information content (AvgIpc) is 2.33. The van der Waals surface area contributed by atoms with Gasteiger partial charge in [-0.05, 0) is 30.4 Å². The normalized spacial score (nSPS) is 11.8. The monoisotopic (exact) mass is 277 g/mol. The molecule has 0 radical (unpaired) electrons. The second kappa shape index (κ2) is 8.05. The summed E-state index contributed by atoms with van der Waals surface area (Å²) in [4.78, 5) is 13.0. The standard InChI is InChI=1S/C17H27NO2/c1-17(2,3)14-18(12-8-7-11-16(19)20)13-15-9-5-4-6-10-15/h4-6,9-10H,7-8,11-14H2,1-3H3,(H,19,20). The van der Waals surface area contributed by atoms with Crippen molar-refractivity contribution in [2.75, 3.05) is 13.1 Å². The van der Waals surface area contributed by atoms with Crippen LogP contribution in [0.15, 0.2) is 30.3 Å². The first-order valence-electron chi connectivity index (χ1n) is 7.35. The summed E-state index contributed by atoms with van der Waals surface area (Å²) in [5, 5.41) is 8.69. The minimum Gasteiger partial charge on any atom is -0.481 e. The molecule has 0 heterocycles. The summed E-state index contributed by atoms with van der Waals surface area (Å²) in [6.07, 6.45) is 1.97. The molecule has 3 nitrogen and oxygen atoms in total. The van der Waals surface area contributed by atoms with Crippen molar-refractivity contribution in [3.8, 4) is 0 Å². The van der Waals surface area contributed by atoms with Gasteiger partial charge in [0.1, 0.15) is 0 Å². The fourth-order valence-electron chi connectivity index (χ4n) is 2.34. The van der Waals surface area contributed by atoms with Crippen LogP contribution in [0.3, 0.4) is 0 Å². The lowest BCUT2D eigenvalue weighted by molar-refractivity contribution is -0.137. The molecular weight excluding hydrogens is 250 g/mol. The first kappa shape index (κ1) is 16.7. The van der Waals surface area contributed by atoms with E-state index < -0.39 is 5.97 Å². The number of hydrogen-bond acceptors (Lipinski definition) is 2. The van der Waals surface area contributed by atoms with E-state index in [1.54, 1.807) is 0 Å². The third kappa shape index (κ3) is 7.95. The van der Waals surface area contributed by atoms with Crippen LogP contribution in [0.4, 0.5) is 0 Å². The molecule has 1 aromatic carbocycles. The van der Waals surface area contributed by atoms with Crippen molar-refractivity contribution in [3.05, 3.63) is 35.9 Å². The molecule has 0 fully saturated rings. The molecule has 0 saturated carbocycles. The molecule has 0 bridgehead atoms. The zero-order valence-electron chi connectivity index (χ0n) is 12.9. The average molecular weight is 277 g/mol. The molecule has 0 aliphatic heterocycles. The third-order valence-electron chi connectivity index (χ3n) is 3.06. The first-order valence-corrected chi connectivity index (χ1v) is 7.35.